The normalized spacial score (nSPS) is 10.4. The van der Waals surface area contributed by atoms with Crippen molar-refractivity contribution < 1.29 is 4.79 Å². The molecule has 1 heterocycles. The van der Waals surface area contributed by atoms with E-state index in [-0.39, 0.29) is 10.7 Å². The van der Waals surface area contributed by atoms with Crippen molar-refractivity contribution in [3.63, 3.8) is 0 Å². The lowest BCUT2D eigenvalue weighted by Crippen LogP contribution is -2.09. The molecule has 2 rings (SSSR count). The van der Waals surface area contributed by atoms with Crippen molar-refractivity contribution >= 4 is 22.8 Å². The zero-order chi connectivity index (χ0) is 13.3. The van der Waals surface area contributed by atoms with Crippen molar-refractivity contribution in [1.82, 2.24) is 4.98 Å². The van der Waals surface area contributed by atoms with Crippen LogP contribution in [0.1, 0.15) is 20.9 Å². The second-order valence-electron chi connectivity index (χ2n) is 4.24. The summed E-state index contributed by atoms with van der Waals surface area (Å²) >= 11 is 0.957. The molecule has 0 saturated carbocycles. The van der Waals surface area contributed by atoms with Crippen molar-refractivity contribution in [2.24, 2.45) is 0 Å². The number of H-pyrrole nitrogens is 1. The Kier molecular flexibility index (Phi) is 3.34. The molecule has 0 unspecified atom stereocenters. The van der Waals surface area contributed by atoms with Crippen LogP contribution >= 0.6 is 11.3 Å². The zero-order valence-corrected chi connectivity index (χ0v) is 11.3. The number of aromatic nitrogens is 1. The fraction of sp³-hybridized carbons (Fsp3) is 0.231. The number of rotatable bonds is 3. The van der Waals surface area contributed by atoms with Gasteiger partial charge in [-0.25, -0.2) is 0 Å². The third-order valence-electron chi connectivity index (χ3n) is 2.68. The van der Waals surface area contributed by atoms with E-state index in [9.17, 15) is 9.59 Å². The van der Waals surface area contributed by atoms with Gasteiger partial charge in [0.2, 0.25) is 5.78 Å². The molecule has 1 aromatic carbocycles. The first-order valence-electron chi connectivity index (χ1n) is 5.51. The Labute approximate surface area is 109 Å². The largest absolute Gasteiger partial charge is 0.378 e. The van der Waals surface area contributed by atoms with Gasteiger partial charge in [0.05, 0.1) is 4.88 Å². The summed E-state index contributed by atoms with van der Waals surface area (Å²) in [6.45, 7) is 1.74. The molecule has 0 radical (unpaired) electrons. The van der Waals surface area contributed by atoms with Crippen LogP contribution in [-0.4, -0.2) is 24.9 Å². The lowest BCUT2D eigenvalue weighted by Gasteiger charge is -2.12. The molecule has 0 saturated heterocycles. The number of ketones is 1. The van der Waals surface area contributed by atoms with Crippen molar-refractivity contribution in [2.45, 2.75) is 6.92 Å². The summed E-state index contributed by atoms with van der Waals surface area (Å²) in [7, 11) is 3.89. The van der Waals surface area contributed by atoms with Crippen LogP contribution in [0.5, 0.6) is 0 Å². The van der Waals surface area contributed by atoms with Crippen molar-refractivity contribution in [3.8, 4) is 0 Å². The van der Waals surface area contributed by atoms with Crippen LogP contribution < -0.4 is 9.77 Å². The number of thiazole rings is 1. The predicted molar refractivity (Wildman–Crippen MR) is 73.9 cm³/mol. The van der Waals surface area contributed by atoms with Gasteiger partial charge in [-0.15, -0.1) is 0 Å². The lowest BCUT2D eigenvalue weighted by molar-refractivity contribution is 0.104. The number of aromatic amines is 1. The monoisotopic (exact) mass is 262 g/mol. The molecule has 0 amide bonds. The molecular weight excluding hydrogens is 248 g/mol. The summed E-state index contributed by atoms with van der Waals surface area (Å²) in [4.78, 5) is 28.3. The first-order valence-corrected chi connectivity index (χ1v) is 6.32. The minimum Gasteiger partial charge on any atom is -0.378 e. The molecular formula is C13H14N2O2S. The van der Waals surface area contributed by atoms with E-state index in [1.165, 1.54) is 0 Å². The summed E-state index contributed by atoms with van der Waals surface area (Å²) in [6.07, 6.45) is 0. The minimum absolute atomic E-state index is 0.110. The van der Waals surface area contributed by atoms with E-state index in [4.69, 9.17) is 0 Å². The fourth-order valence-electron chi connectivity index (χ4n) is 1.66. The summed E-state index contributed by atoms with van der Waals surface area (Å²) in [5.74, 6) is -0.110. The number of hydrogen-bond acceptors (Lipinski definition) is 4. The third kappa shape index (κ3) is 2.36. The van der Waals surface area contributed by atoms with Crippen LogP contribution in [-0.2, 0) is 0 Å². The molecule has 0 spiro atoms. The number of anilines is 1. The molecule has 94 valence electrons. The van der Waals surface area contributed by atoms with Crippen LogP contribution in [0.25, 0.3) is 0 Å². The smallest absolute Gasteiger partial charge is 0.305 e. The van der Waals surface area contributed by atoms with Gasteiger partial charge in [-0.3, -0.25) is 9.59 Å². The van der Waals surface area contributed by atoms with E-state index in [0.29, 0.717) is 16.1 Å². The summed E-state index contributed by atoms with van der Waals surface area (Å²) < 4.78 is 0. The zero-order valence-electron chi connectivity index (χ0n) is 10.5. The van der Waals surface area contributed by atoms with E-state index < -0.39 is 0 Å². The summed E-state index contributed by atoms with van der Waals surface area (Å²) in [5, 5.41) is 0. The van der Waals surface area contributed by atoms with Gasteiger partial charge in [-0.1, -0.05) is 11.3 Å². The van der Waals surface area contributed by atoms with E-state index in [2.05, 4.69) is 4.98 Å². The fourth-order valence-corrected chi connectivity index (χ4v) is 2.47. The number of nitrogens with zero attached hydrogens (tertiary/aromatic N) is 1. The number of carbonyl (C=O) groups excluding carboxylic acids is 1. The van der Waals surface area contributed by atoms with Gasteiger partial charge < -0.3 is 9.88 Å². The molecule has 1 aromatic heterocycles. The van der Waals surface area contributed by atoms with Gasteiger partial charge in [0.25, 0.3) is 0 Å². The summed E-state index contributed by atoms with van der Waals surface area (Å²) in [5.41, 5.74) is 2.26. The van der Waals surface area contributed by atoms with Crippen LogP contribution in [0.15, 0.2) is 29.1 Å². The van der Waals surface area contributed by atoms with Crippen LogP contribution in [0.4, 0.5) is 5.69 Å². The Morgan fingerprint density at radius 2 is 1.83 bits per heavy atom. The Hall–Kier alpha value is -1.88. The Morgan fingerprint density at radius 1 is 1.22 bits per heavy atom. The maximum absolute atomic E-state index is 12.2. The van der Waals surface area contributed by atoms with E-state index >= 15 is 0 Å². The highest BCUT2D eigenvalue weighted by Crippen LogP contribution is 2.18. The highest BCUT2D eigenvalue weighted by Gasteiger charge is 2.15. The highest BCUT2D eigenvalue weighted by atomic mass is 32.1. The lowest BCUT2D eigenvalue weighted by atomic mass is 10.1. The van der Waals surface area contributed by atoms with Gasteiger partial charge in [-0.2, -0.15) is 0 Å². The second kappa shape index (κ2) is 4.78. The van der Waals surface area contributed by atoms with Gasteiger partial charge in [0.15, 0.2) is 0 Å². The van der Waals surface area contributed by atoms with Gasteiger partial charge in [-0.05, 0) is 31.2 Å². The molecule has 0 aliphatic carbocycles. The van der Waals surface area contributed by atoms with E-state index in [1.54, 1.807) is 19.1 Å². The van der Waals surface area contributed by atoms with Crippen LogP contribution in [0.2, 0.25) is 0 Å². The van der Waals surface area contributed by atoms with Crippen molar-refractivity contribution in [2.75, 3.05) is 19.0 Å². The average molecular weight is 262 g/mol. The Balaban J connectivity index is 2.34. The topological polar surface area (TPSA) is 53.2 Å². The number of hydrogen-bond donors (Lipinski definition) is 1. The number of nitrogens with one attached hydrogen (secondary N) is 1. The molecule has 18 heavy (non-hydrogen) atoms. The average Bonchev–Trinajstić information content (AvgIpc) is 2.67. The Bertz CT molecular complexity index is 623. The Morgan fingerprint density at radius 3 is 2.28 bits per heavy atom. The first kappa shape index (κ1) is 12.6. The maximum atomic E-state index is 12.2. The number of aryl methyl sites for hydroxylation is 1. The molecule has 2 aromatic rings. The summed E-state index contributed by atoms with van der Waals surface area (Å²) in [6, 6.07) is 7.33. The van der Waals surface area contributed by atoms with Crippen LogP contribution in [0, 0.1) is 6.92 Å². The molecule has 0 bridgehead atoms. The third-order valence-corrected chi connectivity index (χ3v) is 3.66. The molecule has 0 atom stereocenters. The second-order valence-corrected chi connectivity index (χ2v) is 5.22. The quantitative estimate of drug-likeness (QED) is 0.861. The highest BCUT2D eigenvalue weighted by molar-refractivity contribution is 7.11. The predicted octanol–water partition coefficient (Wildman–Crippen LogP) is 2.04. The standard InChI is InChI=1S/C13H14N2O2S/c1-8-12(18-13(17)14-8)11(16)9-4-6-10(7-5-9)15(2)3/h4-7H,1-3H3,(H,14,17). The molecule has 0 fully saturated rings. The number of carbonyl (C=O) groups is 1. The van der Waals surface area contributed by atoms with E-state index in [1.807, 2.05) is 31.1 Å². The number of benzene rings is 1. The van der Waals surface area contributed by atoms with Crippen molar-refractivity contribution in [3.05, 3.63) is 50.1 Å². The maximum Gasteiger partial charge on any atom is 0.305 e. The molecule has 1 N–H and O–H groups in total. The molecule has 0 aliphatic rings. The molecule has 5 heteroatoms. The first-order chi connectivity index (χ1) is 8.49. The van der Waals surface area contributed by atoms with Crippen molar-refractivity contribution in [1.29, 1.82) is 0 Å². The van der Waals surface area contributed by atoms with Crippen LogP contribution in [0.3, 0.4) is 0 Å². The molecule has 0 aliphatic heterocycles. The van der Waals surface area contributed by atoms with E-state index in [0.717, 1.165) is 17.0 Å². The van der Waals surface area contributed by atoms with Gasteiger partial charge >= 0.3 is 4.87 Å². The van der Waals surface area contributed by atoms with Gasteiger partial charge in [0.1, 0.15) is 0 Å². The van der Waals surface area contributed by atoms with Gasteiger partial charge in [0, 0.05) is 31.0 Å². The minimum atomic E-state index is -0.194. The molecule has 4 nitrogen and oxygen atoms in total. The SMILES string of the molecule is Cc1[nH]c(=O)sc1C(=O)c1ccc(N(C)C)cc1.